The monoisotopic (exact) mass is 458 g/mol. The van der Waals surface area contributed by atoms with Crippen molar-refractivity contribution in [2.45, 2.75) is 82.9 Å². The molecule has 4 heteroatoms. The minimum absolute atomic E-state index is 0.0899. The fourth-order valence-electron chi connectivity index (χ4n) is 5.76. The van der Waals surface area contributed by atoms with Crippen LogP contribution in [0.2, 0.25) is 0 Å². The fraction of sp³-hybridized carbons (Fsp3) is 0.500. The highest BCUT2D eigenvalue weighted by Crippen LogP contribution is 2.43. The number of anilines is 1. The third-order valence-corrected chi connectivity index (χ3v) is 8.36. The first-order valence-electron chi connectivity index (χ1n) is 13.1. The van der Waals surface area contributed by atoms with Crippen molar-refractivity contribution in [1.29, 1.82) is 0 Å². The molecule has 2 aromatic rings. The normalized spacial score (nSPS) is 23.7. The van der Waals surface area contributed by atoms with Gasteiger partial charge in [-0.05, 0) is 97.7 Å². The van der Waals surface area contributed by atoms with Crippen LogP contribution in [0, 0.1) is 5.92 Å². The molecule has 2 N–H and O–H groups in total. The van der Waals surface area contributed by atoms with Gasteiger partial charge in [0.05, 0.1) is 12.1 Å². The molecule has 0 saturated heterocycles. The summed E-state index contributed by atoms with van der Waals surface area (Å²) in [6, 6.07) is 13.0. The molecule has 2 aliphatic carbocycles. The summed E-state index contributed by atoms with van der Waals surface area (Å²) in [6.07, 6.45) is 9.26. The van der Waals surface area contributed by atoms with Gasteiger partial charge in [0.15, 0.2) is 0 Å². The molecule has 1 amide bonds. The lowest BCUT2D eigenvalue weighted by Gasteiger charge is -2.37. The molecule has 1 heterocycles. The van der Waals surface area contributed by atoms with E-state index < -0.39 is 5.60 Å². The Hall–Kier alpha value is -2.43. The average molecular weight is 459 g/mol. The summed E-state index contributed by atoms with van der Waals surface area (Å²) in [4.78, 5) is 15.6. The SMILES string of the molecule is C=CC1CC(c2cccc(N3Cc4c(CCC)cc(C(C)NCC5(O)CCC5)cc4C3=O)c2)C1. The van der Waals surface area contributed by atoms with Crippen molar-refractivity contribution in [2.24, 2.45) is 5.92 Å². The van der Waals surface area contributed by atoms with Crippen LogP contribution < -0.4 is 10.2 Å². The first kappa shape index (κ1) is 23.3. The van der Waals surface area contributed by atoms with Gasteiger partial charge in [0, 0.05) is 23.8 Å². The zero-order valence-electron chi connectivity index (χ0n) is 20.6. The van der Waals surface area contributed by atoms with Crippen molar-refractivity contribution in [3.05, 3.63) is 76.9 Å². The first-order chi connectivity index (χ1) is 16.4. The molecule has 0 bridgehead atoms. The van der Waals surface area contributed by atoms with Crippen LogP contribution in [-0.4, -0.2) is 23.2 Å². The van der Waals surface area contributed by atoms with Gasteiger partial charge in [-0.25, -0.2) is 0 Å². The molecule has 1 aliphatic heterocycles. The Kier molecular flexibility index (Phi) is 6.39. The number of carbonyl (C=O) groups excluding carboxylic acids is 1. The third kappa shape index (κ3) is 4.34. The molecule has 4 nitrogen and oxygen atoms in total. The van der Waals surface area contributed by atoms with Crippen molar-refractivity contribution in [1.82, 2.24) is 5.32 Å². The predicted molar refractivity (Wildman–Crippen MR) is 138 cm³/mol. The molecule has 1 atom stereocenters. The van der Waals surface area contributed by atoms with Gasteiger partial charge in [-0.15, -0.1) is 6.58 Å². The lowest BCUT2D eigenvalue weighted by molar-refractivity contribution is -0.0329. The predicted octanol–water partition coefficient (Wildman–Crippen LogP) is 6.04. The highest BCUT2D eigenvalue weighted by molar-refractivity contribution is 6.10. The quantitative estimate of drug-likeness (QED) is 0.450. The van der Waals surface area contributed by atoms with Crippen molar-refractivity contribution in [3.63, 3.8) is 0 Å². The van der Waals surface area contributed by atoms with E-state index in [0.29, 0.717) is 24.9 Å². The van der Waals surface area contributed by atoms with Gasteiger partial charge >= 0.3 is 0 Å². The second-order valence-electron chi connectivity index (χ2n) is 10.8. The maximum Gasteiger partial charge on any atom is 0.258 e. The molecule has 180 valence electrons. The number of benzene rings is 2. The number of nitrogens with one attached hydrogen (secondary N) is 1. The van der Waals surface area contributed by atoms with Crippen molar-refractivity contribution < 1.29 is 9.90 Å². The Labute approximate surface area is 204 Å². The minimum atomic E-state index is -0.555. The summed E-state index contributed by atoms with van der Waals surface area (Å²) >= 11 is 0. The number of rotatable bonds is 9. The summed E-state index contributed by atoms with van der Waals surface area (Å²) in [5, 5.41) is 14.0. The van der Waals surface area contributed by atoms with Gasteiger partial charge in [0.2, 0.25) is 0 Å². The van der Waals surface area contributed by atoms with Gasteiger partial charge in [-0.3, -0.25) is 4.79 Å². The number of allylic oxidation sites excluding steroid dienone is 1. The number of hydrogen-bond donors (Lipinski definition) is 2. The van der Waals surface area contributed by atoms with Crippen LogP contribution in [0.4, 0.5) is 5.69 Å². The van der Waals surface area contributed by atoms with E-state index >= 15 is 0 Å². The summed E-state index contributed by atoms with van der Waals surface area (Å²) < 4.78 is 0. The third-order valence-electron chi connectivity index (χ3n) is 8.36. The number of amides is 1. The number of nitrogens with zero attached hydrogens (tertiary/aromatic N) is 1. The van der Waals surface area contributed by atoms with E-state index in [1.54, 1.807) is 0 Å². The smallest absolute Gasteiger partial charge is 0.258 e. The second kappa shape index (κ2) is 9.31. The standard InChI is InChI=1S/C30H38N2O2/c1-4-8-23-15-24(20(3)31-19-30(34)11-7-12-30)17-27-28(23)18-32(29(27)33)26-10-6-9-22(16-26)25-13-21(5-2)14-25/h5-6,9-10,15-17,20-21,25,31,34H,2,4,7-8,11-14,18-19H2,1,3H3. The van der Waals surface area contributed by atoms with E-state index in [1.165, 1.54) is 16.7 Å². The zero-order chi connectivity index (χ0) is 23.9. The number of fused-ring (bicyclic) bond motifs is 1. The number of carbonyl (C=O) groups is 1. The largest absolute Gasteiger partial charge is 0.389 e. The summed E-state index contributed by atoms with van der Waals surface area (Å²) in [6.45, 7) is 9.51. The first-order valence-corrected chi connectivity index (χ1v) is 13.1. The van der Waals surface area contributed by atoms with E-state index in [1.807, 2.05) is 4.90 Å². The summed E-state index contributed by atoms with van der Waals surface area (Å²) in [5.41, 5.74) is 6.23. The second-order valence-corrected chi connectivity index (χ2v) is 10.8. The van der Waals surface area contributed by atoms with Crippen LogP contribution in [0.3, 0.4) is 0 Å². The maximum atomic E-state index is 13.6. The Morgan fingerprint density at radius 2 is 2.06 bits per heavy atom. The molecular formula is C30H38N2O2. The molecule has 3 aliphatic rings. The lowest BCUT2D eigenvalue weighted by atomic mass is 9.71. The van der Waals surface area contributed by atoms with Gasteiger partial charge in [0.25, 0.3) is 5.91 Å². The molecule has 0 spiro atoms. The Balaban J connectivity index is 1.38. The Morgan fingerprint density at radius 1 is 1.26 bits per heavy atom. The van der Waals surface area contributed by atoms with Gasteiger partial charge in [0.1, 0.15) is 0 Å². The van der Waals surface area contributed by atoms with E-state index in [0.717, 1.165) is 61.8 Å². The van der Waals surface area contributed by atoms with E-state index in [2.05, 4.69) is 68.2 Å². The van der Waals surface area contributed by atoms with Crippen LogP contribution in [0.5, 0.6) is 0 Å². The van der Waals surface area contributed by atoms with Crippen molar-refractivity contribution in [3.8, 4) is 0 Å². The molecule has 2 fully saturated rings. The Morgan fingerprint density at radius 3 is 2.74 bits per heavy atom. The van der Waals surface area contributed by atoms with Crippen molar-refractivity contribution >= 4 is 11.6 Å². The molecular weight excluding hydrogens is 420 g/mol. The fourth-order valence-corrected chi connectivity index (χ4v) is 5.76. The van der Waals surface area contributed by atoms with Crippen molar-refractivity contribution in [2.75, 3.05) is 11.4 Å². The highest BCUT2D eigenvalue weighted by atomic mass is 16.3. The maximum absolute atomic E-state index is 13.6. The van der Waals surface area contributed by atoms with Gasteiger partial charge in [-0.1, -0.05) is 37.6 Å². The van der Waals surface area contributed by atoms with Crippen LogP contribution in [-0.2, 0) is 13.0 Å². The molecule has 2 aromatic carbocycles. The van der Waals surface area contributed by atoms with E-state index in [9.17, 15) is 9.90 Å². The zero-order valence-corrected chi connectivity index (χ0v) is 20.6. The minimum Gasteiger partial charge on any atom is -0.389 e. The molecule has 5 rings (SSSR count). The molecule has 0 radical (unpaired) electrons. The van der Waals surface area contributed by atoms with Crippen LogP contribution in [0.15, 0.2) is 49.1 Å². The highest BCUT2D eigenvalue weighted by Gasteiger charge is 2.35. The number of aryl methyl sites for hydroxylation is 1. The lowest BCUT2D eigenvalue weighted by Crippen LogP contribution is -2.46. The van der Waals surface area contributed by atoms with Crippen LogP contribution in [0.1, 0.15) is 96.9 Å². The molecule has 0 aromatic heterocycles. The summed E-state index contributed by atoms with van der Waals surface area (Å²) in [5.74, 6) is 1.30. The molecule has 34 heavy (non-hydrogen) atoms. The molecule has 2 saturated carbocycles. The van der Waals surface area contributed by atoms with E-state index in [4.69, 9.17) is 0 Å². The van der Waals surface area contributed by atoms with Gasteiger partial charge in [-0.2, -0.15) is 0 Å². The van der Waals surface area contributed by atoms with E-state index in [-0.39, 0.29) is 11.9 Å². The topological polar surface area (TPSA) is 52.6 Å². The van der Waals surface area contributed by atoms with Crippen LogP contribution in [0.25, 0.3) is 0 Å². The molecule has 1 unspecified atom stereocenters. The average Bonchev–Trinajstić information content (AvgIpc) is 3.12. The number of hydrogen-bond acceptors (Lipinski definition) is 3. The summed E-state index contributed by atoms with van der Waals surface area (Å²) in [7, 11) is 0. The van der Waals surface area contributed by atoms with Gasteiger partial charge < -0.3 is 15.3 Å². The number of aliphatic hydroxyl groups is 1. The van der Waals surface area contributed by atoms with Crippen LogP contribution >= 0.6 is 0 Å². The Bertz CT molecular complexity index is 1080.